The predicted octanol–water partition coefficient (Wildman–Crippen LogP) is 4.39. The standard InChI is InChI=1S/C19H20N4OS2/c1-2-17-21-19(23-22-17)26-12-14-8-10-15(11-9-14)20-18(24)13-25-16-6-4-3-5-7-16/h3-11H,2,12-13H2,1H3,(H,20,24)(H,21,22,23). The molecule has 0 fully saturated rings. The van der Waals surface area contributed by atoms with Crippen molar-refractivity contribution in [3.8, 4) is 0 Å². The first-order chi connectivity index (χ1) is 12.7. The van der Waals surface area contributed by atoms with Crippen LogP contribution in [0.2, 0.25) is 0 Å². The molecule has 3 rings (SSSR count). The first-order valence-corrected chi connectivity index (χ1v) is 10.3. The summed E-state index contributed by atoms with van der Waals surface area (Å²) in [4.78, 5) is 17.5. The number of H-pyrrole nitrogens is 1. The molecule has 0 aliphatic rings. The van der Waals surface area contributed by atoms with E-state index in [9.17, 15) is 4.79 Å². The van der Waals surface area contributed by atoms with Gasteiger partial charge in [-0.05, 0) is 29.8 Å². The van der Waals surface area contributed by atoms with Gasteiger partial charge in [-0.3, -0.25) is 9.89 Å². The Balaban J connectivity index is 1.45. The Morgan fingerprint density at radius 2 is 1.85 bits per heavy atom. The van der Waals surface area contributed by atoms with E-state index in [4.69, 9.17) is 0 Å². The molecule has 1 amide bonds. The normalized spacial score (nSPS) is 10.7. The third-order valence-electron chi connectivity index (χ3n) is 3.56. The second-order valence-electron chi connectivity index (χ2n) is 5.55. The lowest BCUT2D eigenvalue weighted by atomic mass is 10.2. The zero-order chi connectivity index (χ0) is 18.2. The minimum Gasteiger partial charge on any atom is -0.325 e. The fourth-order valence-corrected chi connectivity index (χ4v) is 3.69. The van der Waals surface area contributed by atoms with Crippen LogP contribution in [0.25, 0.3) is 0 Å². The summed E-state index contributed by atoms with van der Waals surface area (Å²) in [5.41, 5.74) is 1.97. The van der Waals surface area contributed by atoms with E-state index in [0.717, 1.165) is 39.3 Å². The van der Waals surface area contributed by atoms with Crippen LogP contribution in [-0.4, -0.2) is 26.8 Å². The highest BCUT2D eigenvalue weighted by molar-refractivity contribution is 8.00. The van der Waals surface area contributed by atoms with Gasteiger partial charge in [0.25, 0.3) is 0 Å². The van der Waals surface area contributed by atoms with Crippen molar-refractivity contribution < 1.29 is 4.79 Å². The van der Waals surface area contributed by atoms with Crippen LogP contribution in [-0.2, 0) is 17.0 Å². The number of nitrogens with zero attached hydrogens (tertiary/aromatic N) is 2. The van der Waals surface area contributed by atoms with E-state index in [1.807, 2.05) is 61.5 Å². The van der Waals surface area contributed by atoms with Crippen molar-refractivity contribution in [2.24, 2.45) is 0 Å². The van der Waals surface area contributed by atoms with Gasteiger partial charge >= 0.3 is 0 Å². The number of aromatic amines is 1. The summed E-state index contributed by atoms with van der Waals surface area (Å²) in [6.45, 7) is 2.04. The largest absolute Gasteiger partial charge is 0.325 e. The van der Waals surface area contributed by atoms with Gasteiger partial charge in [-0.25, -0.2) is 4.98 Å². The van der Waals surface area contributed by atoms with Crippen LogP contribution < -0.4 is 5.32 Å². The number of carbonyl (C=O) groups is 1. The highest BCUT2D eigenvalue weighted by Gasteiger charge is 2.05. The van der Waals surface area contributed by atoms with Crippen LogP contribution in [0.4, 0.5) is 5.69 Å². The van der Waals surface area contributed by atoms with E-state index < -0.39 is 0 Å². The molecular weight excluding hydrogens is 364 g/mol. The Hall–Kier alpha value is -2.25. The summed E-state index contributed by atoms with van der Waals surface area (Å²) in [6, 6.07) is 17.8. The van der Waals surface area contributed by atoms with E-state index in [0.29, 0.717) is 5.75 Å². The first kappa shape index (κ1) is 18.5. The summed E-state index contributed by atoms with van der Waals surface area (Å²) in [5.74, 6) is 2.08. The lowest BCUT2D eigenvalue weighted by molar-refractivity contribution is -0.113. The van der Waals surface area contributed by atoms with Crippen molar-refractivity contribution in [3.05, 3.63) is 66.0 Å². The van der Waals surface area contributed by atoms with Crippen molar-refractivity contribution in [1.82, 2.24) is 15.2 Å². The molecule has 1 aromatic heterocycles. The maximum Gasteiger partial charge on any atom is 0.234 e. The number of aryl methyl sites for hydroxylation is 1. The molecule has 2 aromatic carbocycles. The summed E-state index contributed by atoms with van der Waals surface area (Å²) < 4.78 is 0. The monoisotopic (exact) mass is 384 g/mol. The number of hydrogen-bond acceptors (Lipinski definition) is 5. The van der Waals surface area contributed by atoms with Crippen LogP contribution in [0.1, 0.15) is 18.3 Å². The van der Waals surface area contributed by atoms with Gasteiger partial charge in [0.1, 0.15) is 5.82 Å². The van der Waals surface area contributed by atoms with Crippen molar-refractivity contribution in [2.75, 3.05) is 11.1 Å². The fraction of sp³-hybridized carbons (Fsp3) is 0.211. The number of hydrogen-bond donors (Lipinski definition) is 2. The first-order valence-electron chi connectivity index (χ1n) is 8.33. The number of nitrogens with one attached hydrogen (secondary N) is 2. The van der Waals surface area contributed by atoms with Crippen molar-refractivity contribution in [1.29, 1.82) is 0 Å². The van der Waals surface area contributed by atoms with Gasteiger partial charge in [0.2, 0.25) is 11.1 Å². The fourth-order valence-electron chi connectivity index (χ4n) is 2.20. The average Bonchev–Trinajstić information content (AvgIpc) is 3.15. The molecule has 0 aliphatic heterocycles. The van der Waals surface area contributed by atoms with Gasteiger partial charge in [-0.15, -0.1) is 16.9 Å². The van der Waals surface area contributed by atoms with E-state index in [2.05, 4.69) is 20.5 Å². The molecule has 0 bridgehead atoms. The van der Waals surface area contributed by atoms with Crippen molar-refractivity contribution in [3.63, 3.8) is 0 Å². The van der Waals surface area contributed by atoms with Crippen molar-refractivity contribution in [2.45, 2.75) is 29.1 Å². The van der Waals surface area contributed by atoms with Crippen LogP contribution >= 0.6 is 23.5 Å². The smallest absolute Gasteiger partial charge is 0.234 e. The maximum absolute atomic E-state index is 12.1. The molecule has 0 saturated carbocycles. The SMILES string of the molecule is CCc1nc(SCc2ccc(NC(=O)CSc3ccccc3)cc2)n[nH]1. The summed E-state index contributed by atoms with van der Waals surface area (Å²) in [5, 5.41) is 10.8. The number of rotatable bonds is 8. The van der Waals surface area contributed by atoms with Gasteiger partial charge in [0.15, 0.2) is 0 Å². The van der Waals surface area contributed by atoms with E-state index >= 15 is 0 Å². The molecule has 0 aliphatic carbocycles. The zero-order valence-electron chi connectivity index (χ0n) is 14.4. The van der Waals surface area contributed by atoms with Gasteiger partial charge in [-0.1, -0.05) is 49.0 Å². The predicted molar refractivity (Wildman–Crippen MR) is 108 cm³/mol. The molecule has 0 spiro atoms. The molecule has 0 atom stereocenters. The van der Waals surface area contributed by atoms with E-state index in [1.165, 1.54) is 11.8 Å². The van der Waals surface area contributed by atoms with E-state index in [-0.39, 0.29) is 5.91 Å². The molecular formula is C19H20N4OS2. The Morgan fingerprint density at radius 3 is 2.54 bits per heavy atom. The second kappa shape index (κ2) is 9.45. The lowest BCUT2D eigenvalue weighted by Crippen LogP contribution is -2.13. The minimum absolute atomic E-state index is 0.00574. The molecule has 1 heterocycles. The Bertz CT molecular complexity index is 834. The van der Waals surface area contributed by atoms with Crippen LogP contribution in [0.15, 0.2) is 64.6 Å². The second-order valence-corrected chi connectivity index (χ2v) is 7.54. The van der Waals surface area contributed by atoms with Crippen molar-refractivity contribution >= 4 is 35.1 Å². The molecule has 0 radical (unpaired) electrons. The Kier molecular flexibility index (Phi) is 6.74. The quantitative estimate of drug-likeness (QED) is 0.564. The summed E-state index contributed by atoms with van der Waals surface area (Å²) in [6.07, 6.45) is 0.852. The Labute approximate surface area is 161 Å². The molecule has 2 N–H and O–H groups in total. The number of carbonyl (C=O) groups excluding carboxylic acids is 1. The molecule has 26 heavy (non-hydrogen) atoms. The average molecular weight is 385 g/mol. The third kappa shape index (κ3) is 5.64. The van der Waals surface area contributed by atoms with E-state index in [1.54, 1.807) is 11.8 Å². The molecule has 134 valence electrons. The molecule has 7 heteroatoms. The molecule has 0 unspecified atom stereocenters. The van der Waals surface area contributed by atoms with Crippen LogP contribution in [0.3, 0.4) is 0 Å². The number of anilines is 1. The topological polar surface area (TPSA) is 70.7 Å². The lowest BCUT2D eigenvalue weighted by Gasteiger charge is -2.06. The van der Waals surface area contributed by atoms with Crippen LogP contribution in [0, 0.1) is 0 Å². The van der Waals surface area contributed by atoms with Gasteiger partial charge in [0, 0.05) is 22.8 Å². The summed E-state index contributed by atoms with van der Waals surface area (Å²) in [7, 11) is 0. The van der Waals surface area contributed by atoms with Gasteiger partial charge in [0.05, 0.1) is 5.75 Å². The zero-order valence-corrected chi connectivity index (χ0v) is 16.1. The van der Waals surface area contributed by atoms with Gasteiger partial charge in [-0.2, -0.15) is 0 Å². The number of amides is 1. The highest BCUT2D eigenvalue weighted by Crippen LogP contribution is 2.21. The molecule has 0 saturated heterocycles. The number of aromatic nitrogens is 3. The Morgan fingerprint density at radius 1 is 1.08 bits per heavy atom. The number of thioether (sulfide) groups is 2. The third-order valence-corrected chi connectivity index (χ3v) is 5.50. The minimum atomic E-state index is -0.00574. The number of benzene rings is 2. The van der Waals surface area contributed by atoms with Crippen LogP contribution in [0.5, 0.6) is 0 Å². The maximum atomic E-state index is 12.1. The molecule has 5 nitrogen and oxygen atoms in total. The van der Waals surface area contributed by atoms with Gasteiger partial charge < -0.3 is 5.32 Å². The summed E-state index contributed by atoms with van der Waals surface area (Å²) >= 11 is 3.12. The molecule has 3 aromatic rings. The highest BCUT2D eigenvalue weighted by atomic mass is 32.2.